The summed E-state index contributed by atoms with van der Waals surface area (Å²) in [7, 11) is 0. The molecule has 1 aliphatic rings. The fraction of sp³-hybridized carbons (Fsp3) is 0.381. The standard InChI is InChI=1S/C21H23FN2OS/c1-14-4-3-5-15(2)24(14)21(25)19-12-20-18(10-11-26-20)23(19)13-16-6-8-17(22)9-7-16/h6-12,14-15H,3-5,13H2,1-2H3/t14-,15-/m1/s1. The summed E-state index contributed by atoms with van der Waals surface area (Å²) in [6.07, 6.45) is 3.30. The van der Waals surface area contributed by atoms with E-state index in [0.717, 1.165) is 34.3 Å². The molecular formula is C21H23FN2OS. The van der Waals surface area contributed by atoms with E-state index in [4.69, 9.17) is 0 Å². The van der Waals surface area contributed by atoms with Gasteiger partial charge in [-0.15, -0.1) is 11.3 Å². The average molecular weight is 370 g/mol. The van der Waals surface area contributed by atoms with Gasteiger partial charge in [0.25, 0.3) is 5.91 Å². The van der Waals surface area contributed by atoms with Crippen LogP contribution in [0.1, 0.15) is 49.2 Å². The van der Waals surface area contributed by atoms with Crippen molar-refractivity contribution in [2.45, 2.75) is 51.7 Å². The number of aromatic nitrogens is 1. The molecule has 1 aliphatic heterocycles. The minimum atomic E-state index is -0.241. The van der Waals surface area contributed by atoms with Crippen LogP contribution in [-0.2, 0) is 6.54 Å². The first-order chi connectivity index (χ1) is 12.5. The minimum absolute atomic E-state index is 0.107. The van der Waals surface area contributed by atoms with E-state index in [2.05, 4.69) is 24.5 Å². The molecule has 2 aromatic heterocycles. The van der Waals surface area contributed by atoms with Gasteiger partial charge in [-0.25, -0.2) is 4.39 Å². The number of benzene rings is 1. The Labute approximate surface area is 157 Å². The lowest BCUT2D eigenvalue weighted by atomic mass is 9.97. The minimum Gasteiger partial charge on any atom is -0.332 e. The van der Waals surface area contributed by atoms with Crippen LogP contribution in [0.25, 0.3) is 10.2 Å². The number of fused-ring (bicyclic) bond motifs is 1. The molecule has 5 heteroatoms. The number of thiophene rings is 1. The van der Waals surface area contributed by atoms with Gasteiger partial charge >= 0.3 is 0 Å². The van der Waals surface area contributed by atoms with Crippen LogP contribution in [0, 0.1) is 5.82 Å². The normalized spacial score (nSPS) is 20.7. The zero-order valence-corrected chi connectivity index (χ0v) is 15.9. The number of carbonyl (C=O) groups is 1. The predicted octanol–water partition coefficient (Wildman–Crippen LogP) is 5.29. The largest absolute Gasteiger partial charge is 0.332 e. The Morgan fingerprint density at radius 1 is 1.15 bits per heavy atom. The third-order valence-corrected chi connectivity index (χ3v) is 6.28. The van der Waals surface area contributed by atoms with Gasteiger partial charge in [0.1, 0.15) is 11.5 Å². The third-order valence-electron chi connectivity index (χ3n) is 5.42. The molecule has 136 valence electrons. The molecule has 3 heterocycles. The van der Waals surface area contributed by atoms with Gasteiger partial charge in [0.2, 0.25) is 0 Å². The number of amides is 1. The smallest absolute Gasteiger partial charge is 0.271 e. The van der Waals surface area contributed by atoms with E-state index < -0.39 is 0 Å². The maximum Gasteiger partial charge on any atom is 0.271 e. The van der Waals surface area contributed by atoms with Crippen molar-refractivity contribution >= 4 is 27.5 Å². The van der Waals surface area contributed by atoms with Gasteiger partial charge in [-0.05, 0) is 68.3 Å². The summed E-state index contributed by atoms with van der Waals surface area (Å²) in [6.45, 7) is 4.85. The second-order valence-corrected chi connectivity index (χ2v) is 8.20. The molecule has 4 rings (SSSR count). The number of carbonyl (C=O) groups excluding carboxylic acids is 1. The van der Waals surface area contributed by atoms with Gasteiger partial charge in [0, 0.05) is 18.6 Å². The lowest BCUT2D eigenvalue weighted by Crippen LogP contribution is -2.48. The van der Waals surface area contributed by atoms with Crippen LogP contribution >= 0.6 is 11.3 Å². The molecule has 0 aliphatic carbocycles. The lowest BCUT2D eigenvalue weighted by Gasteiger charge is -2.39. The number of hydrogen-bond acceptors (Lipinski definition) is 2. The first-order valence-corrected chi connectivity index (χ1v) is 10.1. The Hall–Kier alpha value is -2.14. The monoisotopic (exact) mass is 370 g/mol. The highest BCUT2D eigenvalue weighted by atomic mass is 32.1. The van der Waals surface area contributed by atoms with Crippen LogP contribution in [0.4, 0.5) is 4.39 Å². The summed E-state index contributed by atoms with van der Waals surface area (Å²) in [4.78, 5) is 15.4. The van der Waals surface area contributed by atoms with E-state index in [-0.39, 0.29) is 23.8 Å². The fourth-order valence-electron chi connectivity index (χ4n) is 4.05. The van der Waals surface area contributed by atoms with Gasteiger partial charge in [0.15, 0.2) is 0 Å². The second-order valence-electron chi connectivity index (χ2n) is 7.25. The van der Waals surface area contributed by atoms with Crippen molar-refractivity contribution in [3.8, 4) is 0 Å². The SMILES string of the molecule is C[C@@H]1CCC[C@@H](C)N1C(=O)c1cc2sccc2n1Cc1ccc(F)cc1. The maximum absolute atomic E-state index is 13.4. The molecule has 1 aromatic carbocycles. The highest BCUT2D eigenvalue weighted by Crippen LogP contribution is 2.30. The van der Waals surface area contributed by atoms with Gasteiger partial charge in [-0.1, -0.05) is 12.1 Å². The Balaban J connectivity index is 1.73. The first-order valence-electron chi connectivity index (χ1n) is 9.18. The molecule has 0 N–H and O–H groups in total. The van der Waals surface area contributed by atoms with Crippen LogP contribution in [0.15, 0.2) is 41.8 Å². The summed E-state index contributed by atoms with van der Waals surface area (Å²) in [5.41, 5.74) is 2.79. The lowest BCUT2D eigenvalue weighted by molar-refractivity contribution is 0.0500. The van der Waals surface area contributed by atoms with Crippen LogP contribution in [0.2, 0.25) is 0 Å². The molecular weight excluding hydrogens is 347 g/mol. The molecule has 3 nitrogen and oxygen atoms in total. The van der Waals surface area contributed by atoms with Gasteiger partial charge < -0.3 is 9.47 Å². The van der Waals surface area contributed by atoms with E-state index in [0.29, 0.717) is 6.54 Å². The second kappa shape index (κ2) is 6.88. The van der Waals surface area contributed by atoms with Crippen molar-refractivity contribution < 1.29 is 9.18 Å². The van der Waals surface area contributed by atoms with E-state index in [1.807, 2.05) is 16.3 Å². The molecule has 1 amide bonds. The molecule has 0 bridgehead atoms. The van der Waals surface area contributed by atoms with Crippen LogP contribution in [0.5, 0.6) is 0 Å². The molecule has 3 aromatic rings. The molecule has 1 saturated heterocycles. The summed E-state index contributed by atoms with van der Waals surface area (Å²) in [5.74, 6) is -0.135. The molecule has 26 heavy (non-hydrogen) atoms. The van der Waals surface area contributed by atoms with Crippen LogP contribution < -0.4 is 0 Å². The van der Waals surface area contributed by atoms with Crippen LogP contribution in [-0.4, -0.2) is 27.5 Å². The third kappa shape index (κ3) is 3.05. The number of rotatable bonds is 3. The van der Waals surface area contributed by atoms with E-state index in [1.54, 1.807) is 23.5 Å². The Bertz CT molecular complexity index is 917. The maximum atomic E-state index is 13.4. The Morgan fingerprint density at radius 3 is 2.54 bits per heavy atom. The quantitative estimate of drug-likeness (QED) is 0.615. The molecule has 1 fully saturated rings. The summed E-state index contributed by atoms with van der Waals surface area (Å²) >= 11 is 1.65. The number of likely N-dealkylation sites (tertiary alicyclic amines) is 1. The van der Waals surface area contributed by atoms with Crippen molar-refractivity contribution in [3.63, 3.8) is 0 Å². The number of halogens is 1. The van der Waals surface area contributed by atoms with Gasteiger partial charge in [-0.3, -0.25) is 4.79 Å². The number of hydrogen-bond donors (Lipinski definition) is 0. The summed E-state index contributed by atoms with van der Waals surface area (Å²) < 4.78 is 16.4. The first kappa shape index (κ1) is 17.3. The van der Waals surface area contributed by atoms with Crippen molar-refractivity contribution in [1.29, 1.82) is 0 Å². The van der Waals surface area contributed by atoms with Crippen molar-refractivity contribution in [1.82, 2.24) is 9.47 Å². The Morgan fingerprint density at radius 2 is 1.85 bits per heavy atom. The van der Waals surface area contributed by atoms with Crippen molar-refractivity contribution in [2.75, 3.05) is 0 Å². The van der Waals surface area contributed by atoms with E-state index >= 15 is 0 Å². The summed E-state index contributed by atoms with van der Waals surface area (Å²) in [6, 6.07) is 11.1. The van der Waals surface area contributed by atoms with E-state index in [1.165, 1.54) is 18.6 Å². The average Bonchev–Trinajstić information content (AvgIpc) is 3.19. The highest BCUT2D eigenvalue weighted by molar-refractivity contribution is 7.17. The molecule has 2 atom stereocenters. The van der Waals surface area contributed by atoms with E-state index in [9.17, 15) is 9.18 Å². The molecule has 0 spiro atoms. The van der Waals surface area contributed by atoms with Crippen LogP contribution in [0.3, 0.4) is 0 Å². The topological polar surface area (TPSA) is 25.2 Å². The zero-order chi connectivity index (χ0) is 18.3. The van der Waals surface area contributed by atoms with Crippen molar-refractivity contribution in [2.24, 2.45) is 0 Å². The molecule has 0 radical (unpaired) electrons. The summed E-state index contributed by atoms with van der Waals surface area (Å²) in [5, 5.41) is 2.05. The van der Waals surface area contributed by atoms with Gasteiger partial charge in [0.05, 0.1) is 10.2 Å². The predicted molar refractivity (Wildman–Crippen MR) is 104 cm³/mol. The zero-order valence-electron chi connectivity index (χ0n) is 15.1. The van der Waals surface area contributed by atoms with Gasteiger partial charge in [-0.2, -0.15) is 0 Å². The Kier molecular flexibility index (Phi) is 4.57. The number of nitrogens with zero attached hydrogens (tertiary/aromatic N) is 2. The number of piperidine rings is 1. The molecule has 0 saturated carbocycles. The highest BCUT2D eigenvalue weighted by Gasteiger charge is 2.31. The molecule has 0 unspecified atom stereocenters. The van der Waals surface area contributed by atoms with Crippen molar-refractivity contribution in [3.05, 3.63) is 58.9 Å². The fourth-order valence-corrected chi connectivity index (χ4v) is 4.87.